The molecule has 0 aliphatic rings. The Morgan fingerprint density at radius 2 is 1.81 bits per heavy atom. The number of nitrogens with zero attached hydrogens (tertiary/aromatic N) is 3. The van der Waals surface area contributed by atoms with Crippen molar-refractivity contribution in [2.45, 2.75) is 13.1 Å². The zero-order valence-electron chi connectivity index (χ0n) is 16.7. The number of halogens is 4. The van der Waals surface area contributed by atoms with E-state index in [9.17, 15) is 18.0 Å². The molecular weight excluding hydrogens is 534 g/mol. The monoisotopic (exact) mass is 549 g/mol. The first-order chi connectivity index (χ1) is 15.3. The third-order valence-corrected chi connectivity index (χ3v) is 5.39. The van der Waals surface area contributed by atoms with Crippen LogP contribution in [0.5, 0.6) is 5.88 Å². The van der Waals surface area contributed by atoms with Gasteiger partial charge in [0.15, 0.2) is 0 Å². The lowest BCUT2D eigenvalue weighted by Gasteiger charge is -2.14. The van der Waals surface area contributed by atoms with Gasteiger partial charge in [-0.2, -0.15) is 13.2 Å². The van der Waals surface area contributed by atoms with E-state index in [1.807, 2.05) is 6.07 Å². The van der Waals surface area contributed by atoms with Crippen LogP contribution in [-0.2, 0) is 6.18 Å². The van der Waals surface area contributed by atoms with Gasteiger partial charge >= 0.3 is 6.18 Å². The lowest BCUT2D eigenvalue weighted by molar-refractivity contribution is -0.139. The Balaban J connectivity index is 1.87. The number of carbonyl (C=O) groups excluding carboxylic acids is 1. The lowest BCUT2D eigenvalue weighted by atomic mass is 9.99. The van der Waals surface area contributed by atoms with Gasteiger partial charge in [0.2, 0.25) is 9.67 Å². The number of ether oxygens (including phenoxy) is 1. The number of carbonyl (C=O) groups is 1. The molecule has 4 rings (SSSR count). The standard InChI is InChI=1S/C23H15F3IN3O2/c1-2-32-22-18(23(24,25)26)10-16(11-28-22)13-6-7-19-17(9-13)20(30-12-29-19)14-4-3-5-15(8-14)21(27)31/h3-12H,2H2,1H3. The van der Waals surface area contributed by atoms with Crippen LogP contribution < -0.4 is 4.74 Å². The van der Waals surface area contributed by atoms with Gasteiger partial charge in [0.1, 0.15) is 11.9 Å². The lowest BCUT2D eigenvalue weighted by Crippen LogP contribution is -2.10. The number of benzene rings is 2. The molecule has 0 amide bonds. The van der Waals surface area contributed by atoms with Crippen LogP contribution in [0.15, 0.2) is 61.1 Å². The molecule has 162 valence electrons. The highest BCUT2D eigenvalue weighted by Gasteiger charge is 2.35. The minimum Gasteiger partial charge on any atom is -0.478 e. The fourth-order valence-electron chi connectivity index (χ4n) is 3.32. The fourth-order valence-corrected chi connectivity index (χ4v) is 3.66. The van der Waals surface area contributed by atoms with Crippen molar-refractivity contribution in [1.82, 2.24) is 15.0 Å². The van der Waals surface area contributed by atoms with Gasteiger partial charge < -0.3 is 4.74 Å². The Bertz CT molecular complexity index is 1330. The van der Waals surface area contributed by atoms with E-state index in [0.717, 1.165) is 6.07 Å². The number of rotatable bonds is 5. The molecule has 2 heterocycles. The van der Waals surface area contributed by atoms with Crippen molar-refractivity contribution < 1.29 is 22.7 Å². The summed E-state index contributed by atoms with van der Waals surface area (Å²) in [6.07, 6.45) is -1.85. The van der Waals surface area contributed by atoms with Gasteiger partial charge in [-0.25, -0.2) is 15.0 Å². The van der Waals surface area contributed by atoms with Crippen LogP contribution in [0.25, 0.3) is 33.3 Å². The van der Waals surface area contributed by atoms with E-state index in [0.29, 0.717) is 33.3 Å². The maximum atomic E-state index is 13.5. The highest BCUT2D eigenvalue weighted by atomic mass is 127. The normalized spacial score (nSPS) is 11.5. The van der Waals surface area contributed by atoms with E-state index in [4.69, 9.17) is 4.74 Å². The number of hydrogen-bond acceptors (Lipinski definition) is 5. The van der Waals surface area contributed by atoms with Crippen molar-refractivity contribution in [2.75, 3.05) is 6.61 Å². The van der Waals surface area contributed by atoms with Crippen LogP contribution in [0.1, 0.15) is 22.8 Å². The van der Waals surface area contributed by atoms with Crippen molar-refractivity contribution in [2.24, 2.45) is 0 Å². The zero-order chi connectivity index (χ0) is 22.9. The molecule has 0 bridgehead atoms. The molecular formula is C23H15F3IN3O2. The van der Waals surface area contributed by atoms with Crippen LogP contribution >= 0.6 is 22.6 Å². The van der Waals surface area contributed by atoms with Crippen LogP contribution in [0, 0.1) is 0 Å². The third-order valence-electron chi connectivity index (χ3n) is 4.77. The summed E-state index contributed by atoms with van der Waals surface area (Å²) >= 11 is 1.71. The van der Waals surface area contributed by atoms with Crippen molar-refractivity contribution >= 4 is 37.3 Å². The molecule has 32 heavy (non-hydrogen) atoms. The average Bonchev–Trinajstić information content (AvgIpc) is 2.78. The summed E-state index contributed by atoms with van der Waals surface area (Å²) in [6.45, 7) is 1.67. The van der Waals surface area contributed by atoms with Gasteiger partial charge in [0.25, 0.3) is 0 Å². The maximum absolute atomic E-state index is 13.5. The van der Waals surface area contributed by atoms with E-state index >= 15 is 0 Å². The van der Waals surface area contributed by atoms with E-state index in [2.05, 4.69) is 15.0 Å². The molecule has 0 N–H and O–H groups in total. The predicted molar refractivity (Wildman–Crippen MR) is 123 cm³/mol. The molecule has 0 fully saturated rings. The summed E-state index contributed by atoms with van der Waals surface area (Å²) < 4.78 is 45.6. The van der Waals surface area contributed by atoms with Crippen LogP contribution in [0.3, 0.4) is 0 Å². The van der Waals surface area contributed by atoms with E-state index in [1.54, 1.807) is 65.9 Å². The number of fused-ring (bicyclic) bond motifs is 1. The summed E-state index contributed by atoms with van der Waals surface area (Å²) in [5.41, 5.74) is 2.31. The number of pyridine rings is 1. The molecule has 4 aromatic rings. The van der Waals surface area contributed by atoms with Crippen LogP contribution in [-0.4, -0.2) is 25.3 Å². The molecule has 2 aromatic heterocycles. The second-order valence-corrected chi connectivity index (χ2v) is 7.80. The maximum Gasteiger partial charge on any atom is 0.421 e. The zero-order valence-corrected chi connectivity index (χ0v) is 18.8. The van der Waals surface area contributed by atoms with Crippen LogP contribution in [0.4, 0.5) is 13.2 Å². The number of alkyl halides is 3. The minimum absolute atomic E-state index is 0.0743. The molecule has 0 spiro atoms. The van der Waals surface area contributed by atoms with E-state index in [1.165, 1.54) is 12.5 Å². The molecule has 0 aliphatic heterocycles. The van der Waals surface area contributed by atoms with Crippen molar-refractivity contribution in [3.05, 3.63) is 72.2 Å². The Morgan fingerprint density at radius 3 is 2.53 bits per heavy atom. The van der Waals surface area contributed by atoms with E-state index < -0.39 is 17.6 Å². The van der Waals surface area contributed by atoms with Gasteiger partial charge in [-0.05, 0) is 36.8 Å². The average molecular weight is 549 g/mol. The minimum atomic E-state index is -4.61. The van der Waals surface area contributed by atoms with Gasteiger partial charge in [0, 0.05) is 50.9 Å². The summed E-state index contributed by atoms with van der Waals surface area (Å²) in [4.78, 5) is 24.3. The Morgan fingerprint density at radius 1 is 1.00 bits per heavy atom. The van der Waals surface area contributed by atoms with Gasteiger partial charge in [-0.15, -0.1) is 0 Å². The molecule has 5 nitrogen and oxygen atoms in total. The molecule has 0 saturated carbocycles. The predicted octanol–water partition coefficient (Wildman–Crippen LogP) is 6.35. The topological polar surface area (TPSA) is 65.0 Å². The summed E-state index contributed by atoms with van der Waals surface area (Å²) in [7, 11) is 0. The quantitative estimate of drug-likeness (QED) is 0.215. The SMILES string of the molecule is CCOc1ncc(-c2ccc3ncnc(-c4cccc(C(=O)I)c4)c3c2)cc1C(F)(F)F. The third kappa shape index (κ3) is 4.43. The van der Waals surface area contributed by atoms with Crippen molar-refractivity contribution in [3.63, 3.8) is 0 Å². The van der Waals surface area contributed by atoms with Crippen molar-refractivity contribution in [3.8, 4) is 28.3 Å². The highest BCUT2D eigenvalue weighted by molar-refractivity contribution is 14.1. The molecule has 0 saturated heterocycles. The molecule has 0 radical (unpaired) electrons. The molecule has 0 unspecified atom stereocenters. The Kier molecular flexibility index (Phi) is 6.09. The van der Waals surface area contributed by atoms with E-state index in [-0.39, 0.29) is 16.0 Å². The first kappa shape index (κ1) is 22.1. The number of aromatic nitrogens is 3. The Labute approximate surface area is 194 Å². The highest BCUT2D eigenvalue weighted by Crippen LogP contribution is 2.38. The smallest absolute Gasteiger partial charge is 0.421 e. The number of hydrogen-bond donors (Lipinski definition) is 0. The summed E-state index contributed by atoms with van der Waals surface area (Å²) in [5, 5.41) is 0.644. The molecule has 0 atom stereocenters. The van der Waals surface area contributed by atoms with Crippen molar-refractivity contribution in [1.29, 1.82) is 0 Å². The van der Waals surface area contributed by atoms with Gasteiger partial charge in [-0.1, -0.05) is 24.3 Å². The molecule has 2 aromatic carbocycles. The first-order valence-electron chi connectivity index (χ1n) is 9.53. The molecule has 9 heteroatoms. The van der Waals surface area contributed by atoms with Gasteiger partial charge in [0.05, 0.1) is 17.8 Å². The Hall–Kier alpha value is -3.08. The summed E-state index contributed by atoms with van der Waals surface area (Å²) in [6, 6.07) is 13.1. The second kappa shape index (κ2) is 8.81. The largest absolute Gasteiger partial charge is 0.478 e. The van der Waals surface area contributed by atoms with Crippen LogP contribution in [0.2, 0.25) is 0 Å². The van der Waals surface area contributed by atoms with Gasteiger partial charge in [-0.3, -0.25) is 4.79 Å². The summed E-state index contributed by atoms with van der Waals surface area (Å²) in [5.74, 6) is -0.450. The molecule has 0 aliphatic carbocycles. The first-order valence-corrected chi connectivity index (χ1v) is 10.6. The second-order valence-electron chi connectivity index (χ2n) is 6.82. The fraction of sp³-hybridized carbons (Fsp3) is 0.130.